The van der Waals surface area contributed by atoms with Crippen LogP contribution in [0.15, 0.2) is 256 Å². The van der Waals surface area contributed by atoms with Crippen LogP contribution in [-0.4, -0.2) is 0 Å². The van der Waals surface area contributed by atoms with Crippen molar-refractivity contribution >= 4 is 59.4 Å². The van der Waals surface area contributed by atoms with E-state index >= 15 is 0 Å². The average Bonchev–Trinajstić information content (AvgIpc) is 3.39. The molecule has 12 aromatic rings. The highest BCUT2D eigenvalue weighted by molar-refractivity contribution is 6.30. The maximum Gasteiger partial charge on any atom is -0.00201 e. The van der Waals surface area contributed by atoms with Gasteiger partial charge in [0.25, 0.3) is 0 Å². The number of benzene rings is 12. The highest BCUT2D eigenvalue weighted by Gasteiger charge is 2.22. The molecule has 0 aliphatic heterocycles. The second-order valence-corrected chi connectivity index (χ2v) is 17.2. The number of hydrogen-bond donors (Lipinski definition) is 0. The van der Waals surface area contributed by atoms with Crippen LogP contribution < -0.4 is 0 Å². The number of fused-ring (bicyclic) bond motifs is 2. The van der Waals surface area contributed by atoms with Gasteiger partial charge in [-0.15, -0.1) is 0 Å². The zero-order chi connectivity index (χ0) is 44.1. The summed E-state index contributed by atoms with van der Waals surface area (Å²) >= 11 is 0. The second kappa shape index (κ2) is 17.1. The van der Waals surface area contributed by atoms with Crippen LogP contribution in [0.4, 0.5) is 0 Å². The van der Waals surface area contributed by atoms with Crippen LogP contribution in [0.25, 0.3) is 126 Å². The SMILES string of the molecule is C.C=C/C=C(\C=C)c1cc(-c2ccccc2)cc(-c2c3ccccc3c(-c3ccc4ccc5c(-c6cc(-c7ccccc7)cc(-c7ccccc7)c6)ccc6ccc3c4c65)c3ccccc23)c1. The topological polar surface area (TPSA) is 0 Å². The summed E-state index contributed by atoms with van der Waals surface area (Å²) in [6.07, 6.45) is 5.81. The molecule has 0 nitrogen and oxygen atoms in total. The zero-order valence-corrected chi connectivity index (χ0v) is 36.5. The third-order valence-corrected chi connectivity index (χ3v) is 13.5. The van der Waals surface area contributed by atoms with E-state index in [9.17, 15) is 0 Å². The lowest BCUT2D eigenvalue weighted by Crippen LogP contribution is -1.94. The molecule has 0 amide bonds. The van der Waals surface area contributed by atoms with Crippen molar-refractivity contribution in [2.24, 2.45) is 0 Å². The molecule has 0 aliphatic carbocycles. The highest BCUT2D eigenvalue weighted by atomic mass is 14.2. The molecule has 0 heterocycles. The van der Waals surface area contributed by atoms with E-state index in [0.717, 1.165) is 22.3 Å². The van der Waals surface area contributed by atoms with Gasteiger partial charge in [0.15, 0.2) is 0 Å². The van der Waals surface area contributed by atoms with Crippen molar-refractivity contribution in [3.8, 4) is 66.8 Å². The molecule has 0 radical (unpaired) electrons. The van der Waals surface area contributed by atoms with Crippen molar-refractivity contribution in [2.75, 3.05) is 0 Å². The molecule has 67 heavy (non-hydrogen) atoms. The monoisotopic (exact) mass is 852 g/mol. The first-order chi connectivity index (χ1) is 32.6. The van der Waals surface area contributed by atoms with Gasteiger partial charge in [-0.25, -0.2) is 0 Å². The van der Waals surface area contributed by atoms with Crippen LogP contribution >= 0.6 is 0 Å². The van der Waals surface area contributed by atoms with Crippen molar-refractivity contribution in [3.63, 3.8) is 0 Å². The first-order valence-corrected chi connectivity index (χ1v) is 22.7. The van der Waals surface area contributed by atoms with Gasteiger partial charge < -0.3 is 0 Å². The molecule has 0 unspecified atom stereocenters. The molecule has 0 aliphatic rings. The van der Waals surface area contributed by atoms with Gasteiger partial charge in [-0.05, 0) is 168 Å². The first kappa shape index (κ1) is 41.1. The van der Waals surface area contributed by atoms with Gasteiger partial charge in [0.05, 0.1) is 0 Å². The van der Waals surface area contributed by atoms with E-state index < -0.39 is 0 Å². The summed E-state index contributed by atoms with van der Waals surface area (Å²) in [6, 6.07) is 82.9. The average molecular weight is 853 g/mol. The van der Waals surface area contributed by atoms with Gasteiger partial charge >= 0.3 is 0 Å². The minimum atomic E-state index is 0. The third kappa shape index (κ3) is 7.03. The molecule has 0 saturated carbocycles. The van der Waals surface area contributed by atoms with Gasteiger partial charge in [-0.1, -0.05) is 227 Å². The predicted octanol–water partition coefficient (Wildman–Crippen LogP) is 19.3. The third-order valence-electron chi connectivity index (χ3n) is 13.5. The molecule has 0 fully saturated rings. The van der Waals surface area contributed by atoms with Gasteiger partial charge in [-0.3, -0.25) is 0 Å². The van der Waals surface area contributed by atoms with E-state index in [2.05, 4.69) is 238 Å². The quantitative estimate of drug-likeness (QED) is 0.0771. The minimum absolute atomic E-state index is 0. The molecule has 0 N–H and O–H groups in total. The second-order valence-electron chi connectivity index (χ2n) is 17.2. The fourth-order valence-corrected chi connectivity index (χ4v) is 10.5. The molecule has 12 rings (SSSR count). The molecule has 12 aromatic carbocycles. The summed E-state index contributed by atoms with van der Waals surface area (Å²) in [6.45, 7) is 8.22. The summed E-state index contributed by atoms with van der Waals surface area (Å²) < 4.78 is 0. The number of rotatable bonds is 9. The Balaban J connectivity index is 0.00000494. The lowest BCUT2D eigenvalue weighted by atomic mass is 9.82. The molecular formula is C67H48. The Morgan fingerprint density at radius 2 is 0.701 bits per heavy atom. The fraction of sp³-hybridized carbons (Fsp3) is 0.0149. The lowest BCUT2D eigenvalue weighted by Gasteiger charge is -2.21. The molecule has 316 valence electrons. The summed E-state index contributed by atoms with van der Waals surface area (Å²) in [5.74, 6) is 0. The largest absolute Gasteiger partial charge is 0.0990 e. The van der Waals surface area contributed by atoms with E-state index in [1.807, 2.05) is 18.2 Å². The Morgan fingerprint density at radius 3 is 1.19 bits per heavy atom. The van der Waals surface area contributed by atoms with Gasteiger partial charge in [-0.2, -0.15) is 0 Å². The molecular weight excluding hydrogens is 805 g/mol. The molecule has 0 bridgehead atoms. The molecule has 0 heteroatoms. The van der Waals surface area contributed by atoms with Crippen LogP contribution in [0.1, 0.15) is 13.0 Å². The summed E-state index contributed by atoms with van der Waals surface area (Å²) in [4.78, 5) is 0. The van der Waals surface area contributed by atoms with Crippen LogP contribution in [0.2, 0.25) is 0 Å². The predicted molar refractivity (Wildman–Crippen MR) is 293 cm³/mol. The Hall–Kier alpha value is -8.58. The lowest BCUT2D eigenvalue weighted by molar-refractivity contribution is 1.57. The standard InChI is InChI=1S/C66H44.CH4/c1-3-18-43(4-2)49-37-52(46-23-12-7-13-24-46)42-54(41-49)63-56-25-14-16-27-58(56)66(59-28-17-15-26-57(59)63)62-36-32-48-30-34-60-55(33-29-47-31-35-61(62)65(48)64(47)60)53-39-50(44-19-8-5-9-20-44)38-51(40-53)45-21-10-6-11-22-45;/h3-42H,1-2H2;1H4/b43-18+;. The summed E-state index contributed by atoms with van der Waals surface area (Å²) in [7, 11) is 0. The fourth-order valence-electron chi connectivity index (χ4n) is 10.5. The summed E-state index contributed by atoms with van der Waals surface area (Å²) in [5.41, 5.74) is 16.6. The van der Waals surface area contributed by atoms with E-state index in [-0.39, 0.29) is 7.43 Å². The molecule has 0 atom stereocenters. The van der Waals surface area contributed by atoms with Crippen LogP contribution in [0.5, 0.6) is 0 Å². The van der Waals surface area contributed by atoms with Crippen molar-refractivity contribution in [1.82, 2.24) is 0 Å². The van der Waals surface area contributed by atoms with E-state index in [0.29, 0.717) is 0 Å². The molecule has 0 spiro atoms. The Bertz CT molecular complexity index is 3760. The molecule has 0 aromatic heterocycles. The first-order valence-electron chi connectivity index (χ1n) is 22.7. The van der Waals surface area contributed by atoms with Crippen molar-refractivity contribution in [3.05, 3.63) is 261 Å². The molecule has 0 saturated heterocycles. The Kier molecular flexibility index (Phi) is 10.5. The maximum atomic E-state index is 4.19. The Morgan fingerprint density at radius 1 is 0.313 bits per heavy atom. The van der Waals surface area contributed by atoms with Gasteiger partial charge in [0, 0.05) is 0 Å². The number of allylic oxidation sites excluding steroid dienone is 4. The van der Waals surface area contributed by atoms with Gasteiger partial charge in [0.2, 0.25) is 0 Å². The summed E-state index contributed by atoms with van der Waals surface area (Å²) in [5, 5.41) is 12.5. The smallest absolute Gasteiger partial charge is 0.00201 e. The van der Waals surface area contributed by atoms with E-state index in [1.54, 1.807) is 0 Å². The Labute approximate surface area is 393 Å². The van der Waals surface area contributed by atoms with E-state index in [4.69, 9.17) is 0 Å². The van der Waals surface area contributed by atoms with Crippen molar-refractivity contribution < 1.29 is 0 Å². The van der Waals surface area contributed by atoms with Crippen LogP contribution in [-0.2, 0) is 0 Å². The van der Waals surface area contributed by atoms with Crippen molar-refractivity contribution in [1.29, 1.82) is 0 Å². The van der Waals surface area contributed by atoms with Crippen molar-refractivity contribution in [2.45, 2.75) is 7.43 Å². The highest BCUT2D eigenvalue weighted by Crippen LogP contribution is 2.49. The zero-order valence-electron chi connectivity index (χ0n) is 36.5. The van der Waals surface area contributed by atoms with E-state index in [1.165, 1.54) is 109 Å². The number of hydrogen-bond acceptors (Lipinski definition) is 0. The van der Waals surface area contributed by atoms with Gasteiger partial charge in [0.1, 0.15) is 0 Å². The minimum Gasteiger partial charge on any atom is -0.0990 e. The maximum absolute atomic E-state index is 4.19. The normalized spacial score (nSPS) is 11.7. The van der Waals surface area contributed by atoms with Crippen LogP contribution in [0, 0.1) is 0 Å². The van der Waals surface area contributed by atoms with Crippen LogP contribution in [0.3, 0.4) is 0 Å².